The maximum atomic E-state index is 12.9. The second-order valence-electron chi connectivity index (χ2n) is 5.70. The number of carbonyl (C=O) groups is 2. The van der Waals surface area contributed by atoms with Crippen molar-refractivity contribution in [3.63, 3.8) is 0 Å². The number of para-hydroxylation sites is 1. The first-order valence-corrected chi connectivity index (χ1v) is 8.44. The summed E-state index contributed by atoms with van der Waals surface area (Å²) in [5.74, 6) is -0.743. The van der Waals surface area contributed by atoms with Crippen LogP contribution in [0.1, 0.15) is 28.4 Å². The van der Waals surface area contributed by atoms with E-state index < -0.39 is 12.0 Å². The molecule has 0 radical (unpaired) electrons. The van der Waals surface area contributed by atoms with Gasteiger partial charge in [-0.1, -0.05) is 48.0 Å². The summed E-state index contributed by atoms with van der Waals surface area (Å²) in [6.07, 6.45) is 1.57. The molecular formula is C20H17ClN2O3. The normalized spacial score (nSPS) is 11.8. The van der Waals surface area contributed by atoms with Crippen molar-refractivity contribution in [3.8, 4) is 0 Å². The molecule has 0 aliphatic heterocycles. The van der Waals surface area contributed by atoms with E-state index in [1.54, 1.807) is 36.5 Å². The van der Waals surface area contributed by atoms with Gasteiger partial charge < -0.3 is 10.1 Å². The third-order valence-electron chi connectivity index (χ3n) is 4.08. The van der Waals surface area contributed by atoms with Crippen molar-refractivity contribution in [2.75, 3.05) is 7.11 Å². The Morgan fingerprint density at radius 3 is 2.62 bits per heavy atom. The molecule has 1 heterocycles. The number of rotatable bonds is 5. The third kappa shape index (κ3) is 3.83. The van der Waals surface area contributed by atoms with Gasteiger partial charge in [0.2, 0.25) is 0 Å². The highest BCUT2D eigenvalue weighted by molar-refractivity contribution is 6.31. The second kappa shape index (κ2) is 7.97. The zero-order valence-corrected chi connectivity index (χ0v) is 14.9. The Kier molecular flexibility index (Phi) is 5.49. The molecule has 0 fully saturated rings. The highest BCUT2D eigenvalue weighted by Gasteiger charge is 2.22. The van der Waals surface area contributed by atoms with Gasteiger partial charge in [0.15, 0.2) is 0 Å². The number of nitrogens with one attached hydrogen (secondary N) is 1. The van der Waals surface area contributed by atoms with Crippen molar-refractivity contribution in [1.29, 1.82) is 0 Å². The van der Waals surface area contributed by atoms with Crippen LogP contribution in [0, 0.1) is 0 Å². The molecule has 1 N–H and O–H groups in total. The standard InChI is InChI=1S/C20H17ClN2O3/c1-26-19(24)12-18(15-7-2-4-8-16(15)21)23-20(25)14-10-11-22-17-9-5-3-6-13(14)17/h2-11,18H,12H2,1H3,(H,23,25). The number of hydrogen-bond acceptors (Lipinski definition) is 4. The van der Waals surface area contributed by atoms with Gasteiger partial charge in [0.25, 0.3) is 5.91 Å². The molecule has 5 nitrogen and oxygen atoms in total. The van der Waals surface area contributed by atoms with Gasteiger partial charge in [-0.2, -0.15) is 0 Å². The smallest absolute Gasteiger partial charge is 0.307 e. The number of halogens is 1. The summed E-state index contributed by atoms with van der Waals surface area (Å²) in [6, 6.07) is 15.5. The summed E-state index contributed by atoms with van der Waals surface area (Å²) in [5.41, 5.74) is 1.87. The highest BCUT2D eigenvalue weighted by atomic mass is 35.5. The number of hydrogen-bond donors (Lipinski definition) is 1. The van der Waals surface area contributed by atoms with Crippen LogP contribution < -0.4 is 5.32 Å². The van der Waals surface area contributed by atoms with Crippen LogP contribution in [0.25, 0.3) is 10.9 Å². The van der Waals surface area contributed by atoms with E-state index in [0.717, 1.165) is 10.9 Å². The number of fused-ring (bicyclic) bond motifs is 1. The molecule has 0 saturated carbocycles. The van der Waals surface area contributed by atoms with E-state index >= 15 is 0 Å². The van der Waals surface area contributed by atoms with Crippen molar-refractivity contribution in [2.45, 2.75) is 12.5 Å². The molecule has 6 heteroatoms. The van der Waals surface area contributed by atoms with Gasteiger partial charge in [-0.25, -0.2) is 0 Å². The van der Waals surface area contributed by atoms with E-state index in [0.29, 0.717) is 16.1 Å². The molecule has 1 aromatic heterocycles. The third-order valence-corrected chi connectivity index (χ3v) is 4.42. The maximum absolute atomic E-state index is 12.9. The molecule has 132 valence electrons. The van der Waals surface area contributed by atoms with E-state index in [4.69, 9.17) is 16.3 Å². The summed E-state index contributed by atoms with van der Waals surface area (Å²) >= 11 is 6.26. The van der Waals surface area contributed by atoms with Crippen molar-refractivity contribution >= 4 is 34.4 Å². The Labute approximate surface area is 156 Å². The van der Waals surface area contributed by atoms with Crippen LogP contribution in [0.4, 0.5) is 0 Å². The molecule has 26 heavy (non-hydrogen) atoms. The Hall–Kier alpha value is -2.92. The number of amides is 1. The number of esters is 1. The largest absolute Gasteiger partial charge is 0.469 e. The predicted octanol–water partition coefficient (Wildman–Crippen LogP) is 3.92. The fraction of sp³-hybridized carbons (Fsp3) is 0.150. The molecule has 0 aliphatic carbocycles. The lowest BCUT2D eigenvalue weighted by Crippen LogP contribution is -2.31. The van der Waals surface area contributed by atoms with Gasteiger partial charge in [-0.3, -0.25) is 14.6 Å². The molecule has 0 spiro atoms. The van der Waals surface area contributed by atoms with Crippen LogP contribution in [-0.2, 0) is 9.53 Å². The van der Waals surface area contributed by atoms with Crippen LogP contribution in [0.5, 0.6) is 0 Å². The summed E-state index contributed by atoms with van der Waals surface area (Å²) in [4.78, 5) is 29.0. The number of pyridine rings is 1. The van der Waals surface area contributed by atoms with Crippen molar-refractivity contribution in [3.05, 3.63) is 76.9 Å². The lowest BCUT2D eigenvalue weighted by molar-refractivity contribution is -0.141. The Morgan fingerprint density at radius 1 is 1.12 bits per heavy atom. The van der Waals surface area contributed by atoms with E-state index in [9.17, 15) is 9.59 Å². The summed E-state index contributed by atoms with van der Waals surface area (Å²) in [7, 11) is 1.31. The minimum absolute atomic E-state index is 0.0189. The van der Waals surface area contributed by atoms with Crippen LogP contribution in [0.2, 0.25) is 5.02 Å². The van der Waals surface area contributed by atoms with Crippen LogP contribution in [0.15, 0.2) is 60.8 Å². The Balaban J connectivity index is 1.94. The average molecular weight is 369 g/mol. The molecule has 1 unspecified atom stereocenters. The molecule has 2 aromatic carbocycles. The first-order chi connectivity index (χ1) is 12.6. The fourth-order valence-electron chi connectivity index (χ4n) is 2.78. The van der Waals surface area contributed by atoms with Crippen molar-refractivity contribution < 1.29 is 14.3 Å². The lowest BCUT2D eigenvalue weighted by Gasteiger charge is -2.20. The SMILES string of the molecule is COC(=O)CC(NC(=O)c1ccnc2ccccc12)c1ccccc1Cl. The van der Waals surface area contributed by atoms with E-state index in [2.05, 4.69) is 10.3 Å². The Morgan fingerprint density at radius 2 is 1.85 bits per heavy atom. The minimum Gasteiger partial charge on any atom is -0.469 e. The first-order valence-electron chi connectivity index (χ1n) is 8.06. The van der Waals surface area contributed by atoms with E-state index in [1.807, 2.05) is 24.3 Å². The van der Waals surface area contributed by atoms with Gasteiger partial charge in [0.1, 0.15) is 0 Å². The van der Waals surface area contributed by atoms with E-state index in [-0.39, 0.29) is 12.3 Å². The zero-order chi connectivity index (χ0) is 18.5. The van der Waals surface area contributed by atoms with Gasteiger partial charge in [-0.15, -0.1) is 0 Å². The fourth-order valence-corrected chi connectivity index (χ4v) is 3.04. The molecule has 0 saturated heterocycles. The van der Waals surface area contributed by atoms with Crippen LogP contribution >= 0.6 is 11.6 Å². The number of benzene rings is 2. The number of aromatic nitrogens is 1. The lowest BCUT2D eigenvalue weighted by atomic mass is 10.0. The topological polar surface area (TPSA) is 68.3 Å². The predicted molar refractivity (Wildman–Crippen MR) is 100 cm³/mol. The number of nitrogens with zero attached hydrogens (tertiary/aromatic N) is 1. The molecule has 3 aromatic rings. The summed E-state index contributed by atoms with van der Waals surface area (Å²) < 4.78 is 4.76. The van der Waals surface area contributed by atoms with Gasteiger partial charge in [0.05, 0.1) is 30.7 Å². The Bertz CT molecular complexity index is 953. The van der Waals surface area contributed by atoms with Crippen LogP contribution in [-0.4, -0.2) is 24.0 Å². The van der Waals surface area contributed by atoms with E-state index in [1.165, 1.54) is 7.11 Å². The molecular weight excluding hydrogens is 352 g/mol. The maximum Gasteiger partial charge on any atom is 0.307 e. The molecule has 0 bridgehead atoms. The van der Waals surface area contributed by atoms with Gasteiger partial charge in [-0.05, 0) is 23.8 Å². The first kappa shape index (κ1) is 17.9. The molecule has 0 aliphatic rings. The van der Waals surface area contributed by atoms with Crippen molar-refractivity contribution in [2.24, 2.45) is 0 Å². The average Bonchev–Trinajstić information content (AvgIpc) is 2.67. The molecule has 1 amide bonds. The number of methoxy groups -OCH3 is 1. The minimum atomic E-state index is -0.601. The summed E-state index contributed by atoms with van der Waals surface area (Å²) in [5, 5.41) is 4.11. The summed E-state index contributed by atoms with van der Waals surface area (Å²) in [6.45, 7) is 0. The molecule has 1 atom stereocenters. The molecule has 3 rings (SSSR count). The number of ether oxygens (including phenoxy) is 1. The highest BCUT2D eigenvalue weighted by Crippen LogP contribution is 2.26. The number of carbonyl (C=O) groups excluding carboxylic acids is 2. The van der Waals surface area contributed by atoms with Gasteiger partial charge >= 0.3 is 5.97 Å². The van der Waals surface area contributed by atoms with Gasteiger partial charge in [0, 0.05) is 16.6 Å². The van der Waals surface area contributed by atoms with Crippen LogP contribution in [0.3, 0.4) is 0 Å². The zero-order valence-electron chi connectivity index (χ0n) is 14.1. The van der Waals surface area contributed by atoms with Crippen molar-refractivity contribution in [1.82, 2.24) is 10.3 Å². The second-order valence-corrected chi connectivity index (χ2v) is 6.11. The monoisotopic (exact) mass is 368 g/mol. The quantitative estimate of drug-likeness (QED) is 0.693.